The number of nitrogens with one attached hydrogen (secondary N) is 2. The van der Waals surface area contributed by atoms with Crippen LogP contribution >= 0.6 is 0 Å². The standard InChI is InChI=1S/C21H30F2N4O4/c1-21(22,23)15-6-4-14(5-7-15)12-17(20(31)26(3)13-18(28)29)27-11-10-25-9-8-16(24-2)19(27)30/h4-7,16-17,24-25H,8-13H2,1-3H3,(H,28,29)/t16-,17-/m0/s1. The van der Waals surface area contributed by atoms with Gasteiger partial charge in [-0.3, -0.25) is 14.4 Å². The van der Waals surface area contributed by atoms with Crippen molar-refractivity contribution in [3.8, 4) is 0 Å². The van der Waals surface area contributed by atoms with Crippen LogP contribution in [0.5, 0.6) is 0 Å². The summed E-state index contributed by atoms with van der Waals surface area (Å²) in [5.41, 5.74) is 0.447. The van der Waals surface area contributed by atoms with Crippen LogP contribution in [-0.2, 0) is 26.7 Å². The molecule has 0 spiro atoms. The number of alkyl halides is 2. The Kier molecular flexibility index (Phi) is 8.46. The molecule has 172 valence electrons. The molecule has 2 amide bonds. The zero-order valence-electron chi connectivity index (χ0n) is 18.0. The van der Waals surface area contributed by atoms with Crippen molar-refractivity contribution in [2.75, 3.05) is 40.3 Å². The highest BCUT2D eigenvalue weighted by Crippen LogP contribution is 2.27. The van der Waals surface area contributed by atoms with E-state index in [-0.39, 0.29) is 24.4 Å². The van der Waals surface area contributed by atoms with E-state index in [0.717, 1.165) is 11.8 Å². The summed E-state index contributed by atoms with van der Waals surface area (Å²) in [5.74, 6) is -4.92. The zero-order valence-corrected chi connectivity index (χ0v) is 18.0. The van der Waals surface area contributed by atoms with Crippen LogP contribution < -0.4 is 10.6 Å². The molecule has 0 aliphatic carbocycles. The number of nitrogens with zero attached hydrogens (tertiary/aromatic N) is 2. The third-order valence-electron chi connectivity index (χ3n) is 5.37. The summed E-state index contributed by atoms with van der Waals surface area (Å²) in [6.07, 6.45) is 0.624. The van der Waals surface area contributed by atoms with Crippen molar-refractivity contribution in [2.24, 2.45) is 0 Å². The van der Waals surface area contributed by atoms with Crippen LogP contribution in [0.3, 0.4) is 0 Å². The van der Waals surface area contributed by atoms with Crippen LogP contribution in [0.4, 0.5) is 8.78 Å². The Bertz CT molecular complexity index is 783. The van der Waals surface area contributed by atoms with E-state index in [1.165, 1.54) is 36.2 Å². The van der Waals surface area contributed by atoms with Crippen molar-refractivity contribution in [3.63, 3.8) is 0 Å². The van der Waals surface area contributed by atoms with Gasteiger partial charge in [0.15, 0.2) is 0 Å². The fourth-order valence-electron chi connectivity index (χ4n) is 3.60. The summed E-state index contributed by atoms with van der Waals surface area (Å²) in [4.78, 5) is 39.9. The number of carbonyl (C=O) groups excluding carboxylic acids is 2. The molecule has 1 aliphatic heterocycles. The maximum atomic E-state index is 13.5. The number of amides is 2. The highest BCUT2D eigenvalue weighted by atomic mass is 19.3. The van der Waals surface area contributed by atoms with Gasteiger partial charge in [-0.1, -0.05) is 24.3 Å². The Hall–Kier alpha value is -2.59. The first-order chi connectivity index (χ1) is 14.5. The lowest BCUT2D eigenvalue weighted by Gasteiger charge is -2.37. The third kappa shape index (κ3) is 6.70. The van der Waals surface area contributed by atoms with Crippen molar-refractivity contribution in [2.45, 2.75) is 37.8 Å². The lowest BCUT2D eigenvalue weighted by molar-refractivity contribution is -0.150. The molecule has 31 heavy (non-hydrogen) atoms. The van der Waals surface area contributed by atoms with Gasteiger partial charge in [0, 0.05) is 39.0 Å². The van der Waals surface area contributed by atoms with Gasteiger partial charge in [0.2, 0.25) is 11.8 Å². The second-order valence-corrected chi connectivity index (χ2v) is 7.80. The molecular weight excluding hydrogens is 410 g/mol. The summed E-state index contributed by atoms with van der Waals surface area (Å²) < 4.78 is 27.1. The van der Waals surface area contributed by atoms with E-state index >= 15 is 0 Å². The van der Waals surface area contributed by atoms with Gasteiger partial charge in [0.25, 0.3) is 5.92 Å². The molecule has 2 rings (SSSR count). The van der Waals surface area contributed by atoms with Gasteiger partial charge in [-0.25, -0.2) is 8.78 Å². The van der Waals surface area contributed by atoms with Crippen LogP contribution in [0.1, 0.15) is 24.5 Å². The monoisotopic (exact) mass is 440 g/mol. The van der Waals surface area contributed by atoms with Gasteiger partial charge >= 0.3 is 5.97 Å². The molecule has 0 aromatic heterocycles. The predicted octanol–water partition coefficient (Wildman–Crippen LogP) is 0.662. The van der Waals surface area contributed by atoms with Gasteiger partial charge in [0.1, 0.15) is 12.6 Å². The smallest absolute Gasteiger partial charge is 0.323 e. The molecule has 1 saturated heterocycles. The Morgan fingerprint density at radius 1 is 1.32 bits per heavy atom. The highest BCUT2D eigenvalue weighted by molar-refractivity contribution is 5.91. The molecule has 3 N–H and O–H groups in total. The number of hydrogen-bond donors (Lipinski definition) is 3. The normalized spacial score (nSPS) is 18.8. The number of aliphatic carboxylic acids is 1. The Labute approximate surface area is 180 Å². The van der Waals surface area contributed by atoms with E-state index in [1.807, 2.05) is 0 Å². The van der Waals surface area contributed by atoms with E-state index in [4.69, 9.17) is 5.11 Å². The zero-order chi connectivity index (χ0) is 23.2. The molecule has 1 aromatic carbocycles. The molecule has 10 heteroatoms. The first kappa shape index (κ1) is 24.7. The fraction of sp³-hybridized carbons (Fsp3) is 0.571. The minimum absolute atomic E-state index is 0.0839. The van der Waals surface area contributed by atoms with Crippen molar-refractivity contribution >= 4 is 17.8 Å². The quantitative estimate of drug-likeness (QED) is 0.549. The highest BCUT2D eigenvalue weighted by Gasteiger charge is 2.36. The number of halogens is 2. The number of likely N-dealkylation sites (N-methyl/N-ethyl adjacent to an activating group) is 2. The van der Waals surface area contributed by atoms with Gasteiger partial charge in [-0.15, -0.1) is 0 Å². The van der Waals surface area contributed by atoms with Crippen LogP contribution in [0.2, 0.25) is 0 Å². The van der Waals surface area contributed by atoms with Crippen molar-refractivity contribution in [1.82, 2.24) is 20.4 Å². The summed E-state index contributed by atoms with van der Waals surface area (Å²) in [6.45, 7) is 1.69. The lowest BCUT2D eigenvalue weighted by Crippen LogP contribution is -2.59. The number of rotatable bonds is 8. The Balaban J connectivity index is 2.36. The van der Waals surface area contributed by atoms with Crippen molar-refractivity contribution in [1.29, 1.82) is 0 Å². The molecule has 0 unspecified atom stereocenters. The molecule has 1 fully saturated rings. The summed E-state index contributed by atoms with van der Waals surface area (Å²) in [6, 6.07) is 4.16. The second-order valence-electron chi connectivity index (χ2n) is 7.80. The molecule has 1 aromatic rings. The van der Waals surface area contributed by atoms with Gasteiger partial charge in [-0.05, 0) is 25.6 Å². The first-order valence-corrected chi connectivity index (χ1v) is 10.2. The second kappa shape index (κ2) is 10.6. The largest absolute Gasteiger partial charge is 0.480 e. The van der Waals surface area contributed by atoms with E-state index in [0.29, 0.717) is 25.1 Å². The molecule has 0 radical (unpaired) electrons. The molecular formula is C21H30F2N4O4. The van der Waals surface area contributed by atoms with Gasteiger partial charge in [0.05, 0.1) is 6.04 Å². The molecule has 8 nitrogen and oxygen atoms in total. The molecule has 0 saturated carbocycles. The Morgan fingerprint density at radius 3 is 2.52 bits per heavy atom. The lowest BCUT2D eigenvalue weighted by atomic mass is 9.99. The number of benzene rings is 1. The maximum Gasteiger partial charge on any atom is 0.323 e. The van der Waals surface area contributed by atoms with Crippen LogP contribution in [0.25, 0.3) is 0 Å². The van der Waals surface area contributed by atoms with Gasteiger partial charge in [-0.2, -0.15) is 0 Å². The first-order valence-electron chi connectivity index (χ1n) is 10.2. The minimum atomic E-state index is -2.99. The van der Waals surface area contributed by atoms with Crippen LogP contribution in [0.15, 0.2) is 24.3 Å². The topological polar surface area (TPSA) is 102 Å². The summed E-state index contributed by atoms with van der Waals surface area (Å²) >= 11 is 0. The van der Waals surface area contributed by atoms with Crippen LogP contribution in [-0.4, -0.2) is 85.0 Å². The molecule has 2 atom stereocenters. The predicted molar refractivity (Wildman–Crippen MR) is 111 cm³/mol. The van der Waals surface area contributed by atoms with E-state index < -0.39 is 36.4 Å². The Morgan fingerprint density at radius 2 is 1.97 bits per heavy atom. The van der Waals surface area contributed by atoms with Gasteiger partial charge < -0.3 is 25.5 Å². The number of carboxylic acid groups (broad SMARTS) is 1. The minimum Gasteiger partial charge on any atom is -0.480 e. The average Bonchev–Trinajstić information content (AvgIpc) is 2.69. The number of hydrogen-bond acceptors (Lipinski definition) is 5. The summed E-state index contributed by atoms with van der Waals surface area (Å²) in [5, 5.41) is 15.2. The molecule has 1 aliphatic rings. The van der Waals surface area contributed by atoms with E-state index in [9.17, 15) is 23.2 Å². The van der Waals surface area contributed by atoms with Crippen LogP contribution in [0, 0.1) is 0 Å². The maximum absolute atomic E-state index is 13.5. The van der Waals surface area contributed by atoms with Crippen molar-refractivity contribution < 1.29 is 28.3 Å². The molecule has 1 heterocycles. The third-order valence-corrected chi connectivity index (χ3v) is 5.37. The average molecular weight is 440 g/mol. The van der Waals surface area contributed by atoms with E-state index in [2.05, 4.69) is 10.6 Å². The molecule has 0 bridgehead atoms. The fourth-order valence-corrected chi connectivity index (χ4v) is 3.60. The SMILES string of the molecule is CN[C@H]1CCNCCN([C@@H](Cc2ccc(C(C)(F)F)cc2)C(=O)N(C)CC(=O)O)C1=O. The van der Waals surface area contributed by atoms with E-state index in [1.54, 1.807) is 7.05 Å². The summed E-state index contributed by atoms with van der Waals surface area (Å²) in [7, 11) is 3.03. The number of carboxylic acids is 1. The van der Waals surface area contributed by atoms with Crippen molar-refractivity contribution in [3.05, 3.63) is 35.4 Å². The number of carbonyl (C=O) groups is 3.